The minimum atomic E-state index is -0.564. The minimum Gasteiger partial charge on any atom is -0.503 e. The molecule has 0 spiro atoms. The maximum Gasteiger partial charge on any atom is 0.242 e. The zero-order chi connectivity index (χ0) is 22.6. The Balaban J connectivity index is 1.82. The molecule has 0 atom stereocenters. The van der Waals surface area contributed by atoms with E-state index in [9.17, 15) is 19.4 Å². The van der Waals surface area contributed by atoms with Gasteiger partial charge in [0.2, 0.25) is 11.7 Å². The van der Waals surface area contributed by atoms with Crippen LogP contribution in [0.3, 0.4) is 0 Å². The molecule has 0 unspecified atom stereocenters. The number of thiazole rings is 1. The van der Waals surface area contributed by atoms with Crippen molar-refractivity contribution in [1.82, 2.24) is 9.55 Å². The highest BCUT2D eigenvalue weighted by molar-refractivity contribution is 7.21. The number of fused-ring (bicyclic) bond motifs is 1. The normalized spacial score (nSPS) is 11.3. The highest BCUT2D eigenvalue weighted by Gasteiger charge is 2.31. The molecule has 0 aliphatic heterocycles. The lowest BCUT2D eigenvalue weighted by Crippen LogP contribution is -2.03. The van der Waals surface area contributed by atoms with Crippen molar-refractivity contribution in [2.24, 2.45) is 0 Å². The Morgan fingerprint density at radius 3 is 2.47 bits per heavy atom. The van der Waals surface area contributed by atoms with Crippen LogP contribution in [0.25, 0.3) is 26.6 Å². The molecule has 5 rings (SSSR count). The Bertz CT molecular complexity index is 1500. The number of carbonyl (C=O) groups excluding carboxylic acids is 1. The number of aromatic nitrogens is 2. The van der Waals surface area contributed by atoms with Gasteiger partial charge in [-0.05, 0) is 61.0 Å². The third-order valence-corrected chi connectivity index (χ3v) is 7.29. The summed E-state index contributed by atoms with van der Waals surface area (Å²) in [5.41, 5.74) is 1.10. The number of aromatic hydroxyl groups is 2. The number of carbonyl (C=O) groups is 1. The molecule has 0 aliphatic rings. The number of halogens is 2. The number of ketones is 1. The predicted octanol–water partition coefficient (Wildman–Crippen LogP) is 6.56. The Hall–Kier alpha value is -3.20. The number of benzene rings is 2. The molecule has 160 valence electrons. The summed E-state index contributed by atoms with van der Waals surface area (Å²) in [6.07, 6.45) is 0. The fraction of sp³-hybridized carbons (Fsp3) is 0.0435. The average Bonchev–Trinajstić information content (AvgIpc) is 3.46. The van der Waals surface area contributed by atoms with Crippen molar-refractivity contribution in [3.8, 4) is 28.0 Å². The maximum absolute atomic E-state index is 13.6. The van der Waals surface area contributed by atoms with Crippen LogP contribution < -0.4 is 0 Å². The van der Waals surface area contributed by atoms with Crippen LogP contribution in [-0.2, 0) is 0 Å². The molecule has 0 saturated carbocycles. The van der Waals surface area contributed by atoms with E-state index < -0.39 is 23.2 Å². The summed E-state index contributed by atoms with van der Waals surface area (Å²) in [4.78, 5) is 19.3. The Kier molecular flexibility index (Phi) is 5.00. The lowest BCUT2D eigenvalue weighted by Gasteiger charge is -2.09. The van der Waals surface area contributed by atoms with Gasteiger partial charge in [-0.3, -0.25) is 9.36 Å². The van der Waals surface area contributed by atoms with Crippen molar-refractivity contribution in [2.75, 3.05) is 0 Å². The molecule has 32 heavy (non-hydrogen) atoms. The monoisotopic (exact) mass is 484 g/mol. The first-order valence-electron chi connectivity index (χ1n) is 9.44. The Labute approximate surface area is 194 Å². The van der Waals surface area contributed by atoms with E-state index in [-0.39, 0.29) is 11.3 Å². The van der Waals surface area contributed by atoms with Crippen LogP contribution in [0.5, 0.6) is 11.6 Å². The van der Waals surface area contributed by atoms with Crippen molar-refractivity contribution >= 4 is 50.3 Å². The number of nitrogens with zero attached hydrogens (tertiary/aromatic N) is 2. The van der Waals surface area contributed by atoms with Gasteiger partial charge < -0.3 is 10.2 Å². The summed E-state index contributed by atoms with van der Waals surface area (Å²) in [5.74, 6) is -2.00. The molecule has 0 aliphatic carbocycles. The van der Waals surface area contributed by atoms with E-state index in [1.807, 2.05) is 13.0 Å². The molecular formula is C23H14ClFN2O3S2. The van der Waals surface area contributed by atoms with Gasteiger partial charge in [-0.25, -0.2) is 9.37 Å². The molecule has 9 heteroatoms. The second-order valence-electron chi connectivity index (χ2n) is 7.06. The molecule has 2 N–H and O–H groups in total. The molecule has 2 aromatic carbocycles. The smallest absolute Gasteiger partial charge is 0.242 e. The number of aryl methyl sites for hydroxylation is 1. The highest BCUT2D eigenvalue weighted by atomic mass is 35.5. The van der Waals surface area contributed by atoms with Gasteiger partial charge in [-0.2, -0.15) is 0 Å². The Morgan fingerprint density at radius 2 is 1.81 bits per heavy atom. The SMILES string of the molecule is Cc1ccc(C(=O)c2c(O)c(O)n(-c3nc4c(Cl)cccc4s3)c2-c2ccc(F)cc2)s1. The predicted molar refractivity (Wildman–Crippen MR) is 125 cm³/mol. The van der Waals surface area contributed by atoms with Gasteiger partial charge in [-0.15, -0.1) is 11.3 Å². The van der Waals surface area contributed by atoms with Crippen LogP contribution in [0.2, 0.25) is 5.02 Å². The van der Waals surface area contributed by atoms with E-state index in [2.05, 4.69) is 4.98 Å². The van der Waals surface area contributed by atoms with Crippen molar-refractivity contribution in [3.63, 3.8) is 0 Å². The second-order valence-corrected chi connectivity index (χ2v) is 9.76. The van der Waals surface area contributed by atoms with Crippen LogP contribution >= 0.6 is 34.3 Å². The van der Waals surface area contributed by atoms with Gasteiger partial charge in [-0.1, -0.05) is 29.0 Å². The number of para-hydroxylation sites is 1. The van der Waals surface area contributed by atoms with Crippen LogP contribution in [0.4, 0.5) is 4.39 Å². The summed E-state index contributed by atoms with van der Waals surface area (Å²) in [6, 6.07) is 14.3. The third-order valence-electron chi connectivity index (χ3n) is 4.98. The fourth-order valence-corrected chi connectivity index (χ4v) is 5.60. The molecule has 0 saturated heterocycles. The van der Waals surface area contributed by atoms with Gasteiger partial charge in [0.15, 0.2) is 10.9 Å². The van der Waals surface area contributed by atoms with Crippen LogP contribution in [0, 0.1) is 12.7 Å². The van der Waals surface area contributed by atoms with Crippen LogP contribution in [0.1, 0.15) is 20.1 Å². The summed E-state index contributed by atoms with van der Waals surface area (Å²) < 4.78 is 15.7. The van der Waals surface area contributed by atoms with E-state index in [0.29, 0.717) is 26.1 Å². The first-order valence-corrected chi connectivity index (χ1v) is 11.5. The maximum atomic E-state index is 13.6. The van der Waals surface area contributed by atoms with E-state index in [1.165, 1.54) is 51.5 Å². The first kappa shape index (κ1) is 20.7. The van der Waals surface area contributed by atoms with Gasteiger partial charge in [0, 0.05) is 4.88 Å². The van der Waals surface area contributed by atoms with Crippen molar-refractivity contribution in [3.05, 3.63) is 80.8 Å². The lowest BCUT2D eigenvalue weighted by molar-refractivity contribution is 0.104. The lowest BCUT2D eigenvalue weighted by atomic mass is 10.0. The standard InChI is InChI=1S/C23H14ClFN2O3S2/c1-11-5-10-16(31-11)20(28)17-19(12-6-8-13(25)9-7-12)27(22(30)21(17)29)23-26-18-14(24)3-2-4-15(18)32-23/h2-10,29-30H,1H3. The summed E-state index contributed by atoms with van der Waals surface area (Å²) >= 11 is 8.79. The third kappa shape index (κ3) is 3.28. The van der Waals surface area contributed by atoms with E-state index >= 15 is 0 Å². The van der Waals surface area contributed by atoms with Gasteiger partial charge >= 0.3 is 0 Å². The second kappa shape index (κ2) is 7.74. The minimum absolute atomic E-state index is 0.0821. The van der Waals surface area contributed by atoms with Gasteiger partial charge in [0.05, 0.1) is 25.9 Å². The summed E-state index contributed by atoms with van der Waals surface area (Å²) in [6.45, 7) is 1.87. The summed E-state index contributed by atoms with van der Waals surface area (Å²) in [5, 5.41) is 22.5. The van der Waals surface area contributed by atoms with Crippen molar-refractivity contribution < 1.29 is 19.4 Å². The van der Waals surface area contributed by atoms with Gasteiger partial charge in [0.25, 0.3) is 0 Å². The fourth-order valence-electron chi connectivity index (χ4n) is 3.51. The highest BCUT2D eigenvalue weighted by Crippen LogP contribution is 2.46. The van der Waals surface area contributed by atoms with E-state index in [0.717, 1.165) is 9.58 Å². The first-order chi connectivity index (χ1) is 15.3. The average molecular weight is 485 g/mol. The number of hydrogen-bond donors (Lipinski definition) is 2. The molecule has 0 bridgehead atoms. The molecule has 0 radical (unpaired) electrons. The van der Waals surface area contributed by atoms with Crippen molar-refractivity contribution in [2.45, 2.75) is 6.92 Å². The molecule has 3 heterocycles. The molecule has 5 aromatic rings. The zero-order valence-corrected chi connectivity index (χ0v) is 18.9. The van der Waals surface area contributed by atoms with Crippen LogP contribution in [-0.4, -0.2) is 25.5 Å². The van der Waals surface area contributed by atoms with E-state index in [1.54, 1.807) is 24.3 Å². The number of hydrogen-bond acceptors (Lipinski definition) is 6. The quantitative estimate of drug-likeness (QED) is 0.283. The van der Waals surface area contributed by atoms with Crippen LogP contribution in [0.15, 0.2) is 54.6 Å². The molecule has 3 aromatic heterocycles. The molecule has 5 nitrogen and oxygen atoms in total. The topological polar surface area (TPSA) is 75.3 Å². The number of rotatable bonds is 4. The largest absolute Gasteiger partial charge is 0.503 e. The Morgan fingerprint density at radius 1 is 1.06 bits per heavy atom. The molecule has 0 amide bonds. The van der Waals surface area contributed by atoms with Crippen molar-refractivity contribution in [1.29, 1.82) is 0 Å². The zero-order valence-electron chi connectivity index (χ0n) is 16.5. The molecular weight excluding hydrogens is 471 g/mol. The van der Waals surface area contributed by atoms with E-state index in [4.69, 9.17) is 11.6 Å². The van der Waals surface area contributed by atoms with Gasteiger partial charge in [0.1, 0.15) is 11.3 Å². The summed E-state index contributed by atoms with van der Waals surface area (Å²) in [7, 11) is 0. The number of thiophene rings is 1. The molecule has 0 fully saturated rings.